The van der Waals surface area contributed by atoms with E-state index in [1.165, 1.54) is 0 Å². The van der Waals surface area contributed by atoms with E-state index >= 15 is 0 Å². The molecule has 5 nitrogen and oxygen atoms in total. The Balaban J connectivity index is 1.96. The molecule has 2 rings (SSSR count). The largest absolute Gasteiger partial charge is 0.493 e. The van der Waals surface area contributed by atoms with Gasteiger partial charge in [0.25, 0.3) is 5.91 Å². The van der Waals surface area contributed by atoms with E-state index in [0.29, 0.717) is 35.5 Å². The normalized spacial score (nSPS) is 15.6. The minimum Gasteiger partial charge on any atom is -0.493 e. The summed E-state index contributed by atoms with van der Waals surface area (Å²) in [7, 11) is 1.61. The van der Waals surface area contributed by atoms with Crippen molar-refractivity contribution in [1.29, 1.82) is 0 Å². The summed E-state index contributed by atoms with van der Waals surface area (Å²) < 4.78 is 11.3. The Hall–Kier alpha value is -1.75. The molecular weight excluding hydrogens is 328 g/mol. The van der Waals surface area contributed by atoms with Crippen LogP contribution in [0.4, 0.5) is 0 Å². The van der Waals surface area contributed by atoms with Crippen LogP contribution in [0.3, 0.4) is 0 Å². The molecule has 0 atom stereocenters. The molecule has 1 aliphatic heterocycles. The van der Waals surface area contributed by atoms with Crippen LogP contribution in [0.2, 0.25) is 0 Å². The number of nitrogens with zero attached hydrogens (tertiary/aromatic N) is 2. The summed E-state index contributed by atoms with van der Waals surface area (Å²) in [6.07, 6.45) is 0.991. The molecule has 0 spiro atoms. The molecule has 0 aromatic heterocycles. The first-order chi connectivity index (χ1) is 12.4. The number of piperazine rings is 1. The molecule has 0 saturated carbocycles. The second-order valence-corrected chi connectivity index (χ2v) is 7.88. The van der Waals surface area contributed by atoms with Gasteiger partial charge >= 0.3 is 0 Å². The van der Waals surface area contributed by atoms with Gasteiger partial charge in [-0.15, -0.1) is 0 Å². The number of benzene rings is 1. The molecular formula is C21H34N2O3. The van der Waals surface area contributed by atoms with Gasteiger partial charge < -0.3 is 14.4 Å². The summed E-state index contributed by atoms with van der Waals surface area (Å²) in [5.41, 5.74) is 0.662. The summed E-state index contributed by atoms with van der Waals surface area (Å²) >= 11 is 0. The van der Waals surface area contributed by atoms with Gasteiger partial charge in [0.2, 0.25) is 0 Å². The molecule has 1 saturated heterocycles. The molecule has 0 bridgehead atoms. The summed E-state index contributed by atoms with van der Waals surface area (Å²) in [6.45, 7) is 14.0. The molecule has 1 heterocycles. The van der Waals surface area contributed by atoms with Crippen LogP contribution in [-0.4, -0.2) is 62.1 Å². The summed E-state index contributed by atoms with van der Waals surface area (Å²) in [4.78, 5) is 17.2. The van der Waals surface area contributed by atoms with Gasteiger partial charge in [-0.1, -0.05) is 27.7 Å². The topological polar surface area (TPSA) is 42.0 Å². The number of hydrogen-bond acceptors (Lipinski definition) is 4. The highest BCUT2D eigenvalue weighted by atomic mass is 16.5. The fourth-order valence-electron chi connectivity index (χ4n) is 3.16. The van der Waals surface area contributed by atoms with Gasteiger partial charge in [0.05, 0.1) is 13.7 Å². The Morgan fingerprint density at radius 1 is 1.04 bits per heavy atom. The number of ether oxygens (including phenoxy) is 2. The lowest BCUT2D eigenvalue weighted by Gasteiger charge is -2.35. The first-order valence-corrected chi connectivity index (χ1v) is 9.73. The van der Waals surface area contributed by atoms with Crippen molar-refractivity contribution < 1.29 is 14.3 Å². The van der Waals surface area contributed by atoms with Crippen LogP contribution in [0.15, 0.2) is 18.2 Å². The zero-order valence-electron chi connectivity index (χ0n) is 17.0. The maximum atomic E-state index is 12.8. The Morgan fingerprint density at radius 3 is 2.31 bits per heavy atom. The lowest BCUT2D eigenvalue weighted by atomic mass is 10.1. The van der Waals surface area contributed by atoms with Gasteiger partial charge in [-0.3, -0.25) is 9.69 Å². The lowest BCUT2D eigenvalue weighted by Crippen LogP contribution is -2.49. The average Bonchev–Trinajstić information content (AvgIpc) is 2.61. The minimum absolute atomic E-state index is 0.0706. The highest BCUT2D eigenvalue weighted by molar-refractivity contribution is 5.95. The number of carbonyl (C=O) groups excluding carboxylic acids is 1. The van der Waals surface area contributed by atoms with Crippen molar-refractivity contribution in [3.05, 3.63) is 23.8 Å². The van der Waals surface area contributed by atoms with Crippen LogP contribution in [-0.2, 0) is 0 Å². The first-order valence-electron chi connectivity index (χ1n) is 9.73. The predicted molar refractivity (Wildman–Crippen MR) is 105 cm³/mol. The van der Waals surface area contributed by atoms with E-state index in [1.54, 1.807) is 13.2 Å². The van der Waals surface area contributed by atoms with Crippen molar-refractivity contribution in [1.82, 2.24) is 9.80 Å². The van der Waals surface area contributed by atoms with Crippen molar-refractivity contribution in [2.75, 3.05) is 46.4 Å². The molecule has 1 fully saturated rings. The van der Waals surface area contributed by atoms with Crippen LogP contribution in [0.5, 0.6) is 11.5 Å². The summed E-state index contributed by atoms with van der Waals surface area (Å²) in [5.74, 6) is 2.65. The number of carbonyl (C=O) groups is 1. The zero-order chi connectivity index (χ0) is 19.1. The smallest absolute Gasteiger partial charge is 0.254 e. The van der Waals surface area contributed by atoms with E-state index < -0.39 is 0 Å². The van der Waals surface area contributed by atoms with Gasteiger partial charge in [0, 0.05) is 38.3 Å². The number of methoxy groups -OCH3 is 1. The van der Waals surface area contributed by atoms with Crippen molar-refractivity contribution >= 4 is 5.91 Å². The van der Waals surface area contributed by atoms with Crippen molar-refractivity contribution in [2.45, 2.75) is 34.1 Å². The first kappa shape index (κ1) is 20.6. The second kappa shape index (κ2) is 9.81. The fraction of sp³-hybridized carbons (Fsp3) is 0.667. The molecule has 5 heteroatoms. The maximum Gasteiger partial charge on any atom is 0.254 e. The van der Waals surface area contributed by atoms with Gasteiger partial charge in [-0.25, -0.2) is 0 Å². The zero-order valence-corrected chi connectivity index (χ0v) is 17.0. The van der Waals surface area contributed by atoms with Crippen molar-refractivity contribution in [3.63, 3.8) is 0 Å². The second-order valence-electron chi connectivity index (χ2n) is 7.88. The Morgan fingerprint density at radius 2 is 1.73 bits per heavy atom. The lowest BCUT2D eigenvalue weighted by molar-refractivity contribution is 0.0623. The van der Waals surface area contributed by atoms with E-state index in [2.05, 4.69) is 32.6 Å². The number of rotatable bonds is 8. The average molecular weight is 363 g/mol. The molecule has 1 aromatic carbocycles. The molecule has 1 aromatic rings. The summed E-state index contributed by atoms with van der Waals surface area (Å²) in [5, 5.41) is 0. The molecule has 0 radical (unpaired) electrons. The van der Waals surface area contributed by atoms with Gasteiger partial charge in [0.1, 0.15) is 0 Å². The van der Waals surface area contributed by atoms with Crippen molar-refractivity contribution in [3.8, 4) is 11.5 Å². The fourth-order valence-corrected chi connectivity index (χ4v) is 3.16. The Kier molecular flexibility index (Phi) is 7.76. The standard InChI is InChI=1S/C21H34N2O3/c1-16(2)8-13-26-19-7-6-18(14-20(19)25-5)21(24)23-11-9-22(10-12-23)15-17(3)4/h6-7,14,16-17H,8-13,15H2,1-5H3. The number of hydrogen-bond donors (Lipinski definition) is 0. The Labute approximate surface area is 158 Å². The van der Waals surface area contributed by atoms with Crippen LogP contribution in [0, 0.1) is 11.8 Å². The summed E-state index contributed by atoms with van der Waals surface area (Å²) in [6, 6.07) is 5.49. The van der Waals surface area contributed by atoms with Gasteiger partial charge in [-0.05, 0) is 36.5 Å². The third-order valence-electron chi connectivity index (χ3n) is 4.65. The quantitative estimate of drug-likeness (QED) is 0.709. The highest BCUT2D eigenvalue weighted by Gasteiger charge is 2.23. The van der Waals surface area contributed by atoms with E-state index in [-0.39, 0.29) is 5.91 Å². The SMILES string of the molecule is COc1cc(C(=O)N2CCN(CC(C)C)CC2)ccc1OCCC(C)C. The molecule has 1 aliphatic rings. The van der Waals surface area contributed by atoms with Crippen LogP contribution < -0.4 is 9.47 Å². The predicted octanol–water partition coefficient (Wildman–Crippen LogP) is 3.53. The van der Waals surface area contributed by atoms with Crippen molar-refractivity contribution in [2.24, 2.45) is 11.8 Å². The molecule has 0 aliphatic carbocycles. The molecule has 146 valence electrons. The Bertz CT molecular complexity index is 579. The van der Waals surface area contributed by atoms with Crippen LogP contribution in [0.25, 0.3) is 0 Å². The van der Waals surface area contributed by atoms with E-state index in [0.717, 1.165) is 39.1 Å². The monoisotopic (exact) mass is 362 g/mol. The van der Waals surface area contributed by atoms with E-state index in [9.17, 15) is 4.79 Å². The van der Waals surface area contributed by atoms with E-state index in [1.807, 2.05) is 17.0 Å². The van der Waals surface area contributed by atoms with Gasteiger partial charge in [0.15, 0.2) is 11.5 Å². The maximum absolute atomic E-state index is 12.8. The third kappa shape index (κ3) is 5.90. The minimum atomic E-state index is 0.0706. The molecule has 1 amide bonds. The molecule has 0 unspecified atom stereocenters. The third-order valence-corrected chi connectivity index (χ3v) is 4.65. The molecule has 26 heavy (non-hydrogen) atoms. The van der Waals surface area contributed by atoms with Gasteiger partial charge in [-0.2, -0.15) is 0 Å². The molecule has 0 N–H and O–H groups in total. The highest BCUT2D eigenvalue weighted by Crippen LogP contribution is 2.29. The van der Waals surface area contributed by atoms with Crippen LogP contribution in [0.1, 0.15) is 44.5 Å². The van der Waals surface area contributed by atoms with E-state index in [4.69, 9.17) is 9.47 Å². The van der Waals surface area contributed by atoms with Crippen LogP contribution >= 0.6 is 0 Å². The number of amides is 1.